The van der Waals surface area contributed by atoms with Crippen molar-refractivity contribution in [1.82, 2.24) is 0 Å². The average molecular weight is 264 g/mol. The Morgan fingerprint density at radius 3 is 2.43 bits per heavy atom. The summed E-state index contributed by atoms with van der Waals surface area (Å²) in [4.78, 5) is 2.10. The summed E-state index contributed by atoms with van der Waals surface area (Å²) >= 11 is 0. The van der Waals surface area contributed by atoms with Gasteiger partial charge in [-0.05, 0) is 25.0 Å². The van der Waals surface area contributed by atoms with Crippen LogP contribution in [0.5, 0.6) is 0 Å². The zero-order valence-electron chi connectivity index (χ0n) is 7.66. The van der Waals surface area contributed by atoms with Crippen molar-refractivity contribution in [2.24, 2.45) is 0 Å². The molecule has 0 amide bonds. The molecule has 0 saturated carbocycles. The molecule has 1 fully saturated rings. The molecule has 1 N–H and O–H groups in total. The van der Waals surface area contributed by atoms with Gasteiger partial charge in [0.15, 0.2) is 0 Å². The van der Waals surface area contributed by atoms with Crippen LogP contribution in [0.2, 0.25) is 0 Å². The van der Waals surface area contributed by atoms with Crippen molar-refractivity contribution in [3.8, 4) is 0 Å². The van der Waals surface area contributed by atoms with Gasteiger partial charge < -0.3 is 4.90 Å². The van der Waals surface area contributed by atoms with Gasteiger partial charge in [-0.1, -0.05) is 18.2 Å². The number of anilines is 1. The Labute approximate surface area is 122 Å². The second kappa shape index (κ2) is 5.91. The predicted molar refractivity (Wildman–Crippen MR) is 63.9 cm³/mol. The maximum atomic E-state index is 7.81. The monoisotopic (exact) mass is 264 g/mol. The molecule has 14 heavy (non-hydrogen) atoms. The molecule has 0 bridgehead atoms. The Morgan fingerprint density at radius 1 is 1.07 bits per heavy atom. The average Bonchev–Trinajstić information content (AvgIpc) is 2.20. The van der Waals surface area contributed by atoms with Gasteiger partial charge in [0.05, 0.1) is 0 Å². The summed E-state index contributed by atoms with van der Waals surface area (Å²) in [5.41, 5.74) is 1.16. The fourth-order valence-corrected chi connectivity index (χ4v) is 1.73. The fourth-order valence-electron chi connectivity index (χ4n) is 1.73. The third kappa shape index (κ3) is 2.83. The molecule has 1 aromatic rings. The normalized spacial score (nSPS) is 16.3. The van der Waals surface area contributed by atoms with E-state index in [0.717, 1.165) is 24.5 Å². The van der Waals surface area contributed by atoms with Gasteiger partial charge in [0.1, 0.15) is 5.84 Å². The topological polar surface area (TPSA) is 27.1 Å². The minimum atomic E-state index is 0. The van der Waals surface area contributed by atoms with Crippen LogP contribution in [-0.4, -0.2) is 57.9 Å². The number of amidine groups is 1. The zero-order valence-corrected chi connectivity index (χ0v) is 7.66. The number of nitrogens with one attached hydrogen (secondary N) is 1. The molecular weight excluding hydrogens is 248 g/mol. The number of nitrogens with zero attached hydrogens (tertiary/aromatic N) is 1. The predicted octanol–water partition coefficient (Wildman–Crippen LogP) is 1.74. The molecular formula is C11H16N2Sr. The zero-order chi connectivity index (χ0) is 9.10. The summed E-state index contributed by atoms with van der Waals surface area (Å²) in [6, 6.07) is 10.2. The Hall–Kier alpha value is 0.171. The van der Waals surface area contributed by atoms with Crippen molar-refractivity contribution in [1.29, 1.82) is 5.41 Å². The Bertz CT molecular complexity index is 297. The van der Waals surface area contributed by atoms with Crippen LogP contribution in [0.3, 0.4) is 0 Å². The van der Waals surface area contributed by atoms with E-state index in [-0.39, 0.29) is 45.5 Å². The van der Waals surface area contributed by atoms with E-state index in [1.807, 2.05) is 18.2 Å². The van der Waals surface area contributed by atoms with Crippen LogP contribution in [0, 0.1) is 5.41 Å². The summed E-state index contributed by atoms with van der Waals surface area (Å²) in [7, 11) is 0. The van der Waals surface area contributed by atoms with Gasteiger partial charge in [-0.25, -0.2) is 0 Å². The molecule has 0 aliphatic carbocycles. The first-order valence-electron chi connectivity index (χ1n) is 4.78. The molecule has 1 saturated heterocycles. The molecule has 0 radical (unpaired) electrons. The van der Waals surface area contributed by atoms with Gasteiger partial charge in [-0.3, -0.25) is 5.41 Å². The van der Waals surface area contributed by atoms with Crippen LogP contribution in [0.4, 0.5) is 5.69 Å². The second-order valence-electron chi connectivity index (χ2n) is 3.39. The van der Waals surface area contributed by atoms with Crippen molar-refractivity contribution < 1.29 is 0 Å². The standard InChI is InChI=1S/C11H14N2.Sr.2H/c12-11-8-4-5-9-13(11)10-6-2-1-3-7-10;;;/h1-3,6-7,12H,4-5,8-9H2;;;. The van der Waals surface area contributed by atoms with E-state index < -0.39 is 0 Å². The number of benzene rings is 1. The Morgan fingerprint density at radius 2 is 1.79 bits per heavy atom. The van der Waals surface area contributed by atoms with Crippen LogP contribution in [0.25, 0.3) is 0 Å². The molecule has 0 aromatic heterocycles. The van der Waals surface area contributed by atoms with E-state index in [2.05, 4.69) is 17.0 Å². The minimum absolute atomic E-state index is 0. The van der Waals surface area contributed by atoms with Crippen molar-refractivity contribution in [3.05, 3.63) is 30.3 Å². The number of rotatable bonds is 1. The van der Waals surface area contributed by atoms with Gasteiger partial charge in [0, 0.05) is 18.7 Å². The fraction of sp³-hybridized carbons (Fsp3) is 0.364. The quantitative estimate of drug-likeness (QED) is 0.768. The van der Waals surface area contributed by atoms with E-state index in [1.54, 1.807) is 0 Å². The SMILES string of the molecule is N=C1CCCCN1c1ccccc1.[SrH2]. The molecule has 1 heterocycles. The molecule has 1 aromatic carbocycles. The van der Waals surface area contributed by atoms with Crippen LogP contribution in [0.15, 0.2) is 30.3 Å². The van der Waals surface area contributed by atoms with Gasteiger partial charge in [0.2, 0.25) is 0 Å². The molecule has 2 rings (SSSR count). The second-order valence-corrected chi connectivity index (χ2v) is 3.39. The molecule has 0 unspecified atom stereocenters. The van der Waals surface area contributed by atoms with E-state index >= 15 is 0 Å². The van der Waals surface area contributed by atoms with Crippen molar-refractivity contribution >= 4 is 57.0 Å². The van der Waals surface area contributed by atoms with Crippen LogP contribution < -0.4 is 4.90 Å². The molecule has 2 nitrogen and oxygen atoms in total. The maximum absolute atomic E-state index is 7.81. The summed E-state index contributed by atoms with van der Waals surface area (Å²) in [6.07, 6.45) is 3.30. The number of piperidine rings is 1. The number of hydrogen-bond donors (Lipinski definition) is 1. The van der Waals surface area contributed by atoms with E-state index in [4.69, 9.17) is 5.41 Å². The Balaban J connectivity index is 0.000000980. The van der Waals surface area contributed by atoms with E-state index in [0.29, 0.717) is 0 Å². The van der Waals surface area contributed by atoms with Gasteiger partial charge in [-0.15, -0.1) is 0 Å². The third-order valence-electron chi connectivity index (χ3n) is 2.44. The summed E-state index contributed by atoms with van der Waals surface area (Å²) in [6.45, 7) is 1.00. The Kier molecular flexibility index (Phi) is 5.17. The first-order chi connectivity index (χ1) is 6.38. The molecule has 1 aliphatic heterocycles. The first-order valence-corrected chi connectivity index (χ1v) is 4.78. The summed E-state index contributed by atoms with van der Waals surface area (Å²) in [5.74, 6) is 0.762. The van der Waals surface area contributed by atoms with Crippen molar-refractivity contribution in [3.63, 3.8) is 0 Å². The van der Waals surface area contributed by atoms with Gasteiger partial charge in [-0.2, -0.15) is 0 Å². The van der Waals surface area contributed by atoms with Crippen LogP contribution in [-0.2, 0) is 0 Å². The van der Waals surface area contributed by atoms with Crippen LogP contribution >= 0.6 is 0 Å². The first kappa shape index (κ1) is 12.2. The molecule has 72 valence electrons. The van der Waals surface area contributed by atoms with E-state index in [1.165, 1.54) is 12.8 Å². The third-order valence-corrected chi connectivity index (χ3v) is 2.44. The number of hydrogen-bond acceptors (Lipinski definition) is 1. The molecule has 3 heteroatoms. The summed E-state index contributed by atoms with van der Waals surface area (Å²) < 4.78 is 0. The van der Waals surface area contributed by atoms with E-state index in [9.17, 15) is 0 Å². The summed E-state index contributed by atoms with van der Waals surface area (Å²) in [5, 5.41) is 7.81. The van der Waals surface area contributed by atoms with Gasteiger partial charge >= 0.3 is 45.5 Å². The van der Waals surface area contributed by atoms with Crippen molar-refractivity contribution in [2.45, 2.75) is 19.3 Å². The van der Waals surface area contributed by atoms with Gasteiger partial charge in [0.25, 0.3) is 0 Å². The molecule has 0 atom stereocenters. The molecule has 0 spiro atoms. The number of para-hydroxylation sites is 1. The van der Waals surface area contributed by atoms with Crippen LogP contribution in [0.1, 0.15) is 19.3 Å². The molecule has 1 aliphatic rings. The van der Waals surface area contributed by atoms with Crippen molar-refractivity contribution in [2.75, 3.05) is 11.4 Å².